The second kappa shape index (κ2) is 8.73. The lowest BCUT2D eigenvalue weighted by Crippen LogP contribution is -2.46. The summed E-state index contributed by atoms with van der Waals surface area (Å²) in [4.78, 5) is 25.6. The van der Waals surface area contributed by atoms with Gasteiger partial charge in [-0.25, -0.2) is 4.79 Å². The van der Waals surface area contributed by atoms with Gasteiger partial charge in [-0.15, -0.1) is 0 Å². The van der Waals surface area contributed by atoms with Gasteiger partial charge < -0.3 is 15.0 Å². The highest BCUT2D eigenvalue weighted by molar-refractivity contribution is 6.30. The average molecular weight is 351 g/mol. The zero-order valence-electron chi connectivity index (χ0n) is 14.0. The summed E-state index contributed by atoms with van der Waals surface area (Å²) >= 11 is 5.86. The molecule has 0 atom stereocenters. The molecule has 130 valence electrons. The molecular weight excluding hydrogens is 328 g/mol. The Morgan fingerprint density at radius 2 is 1.92 bits per heavy atom. The Bertz CT molecular complexity index is 605. The Balaban J connectivity index is 1.84. The van der Waals surface area contributed by atoms with Crippen LogP contribution in [0.25, 0.3) is 6.08 Å². The predicted octanol–water partition coefficient (Wildman–Crippen LogP) is 3.48. The first-order valence-corrected chi connectivity index (χ1v) is 8.54. The van der Waals surface area contributed by atoms with E-state index in [9.17, 15) is 9.59 Å². The van der Waals surface area contributed by atoms with Crippen LogP contribution in [0.2, 0.25) is 5.02 Å². The van der Waals surface area contributed by atoms with Gasteiger partial charge in [0.1, 0.15) is 0 Å². The number of halogens is 1. The van der Waals surface area contributed by atoms with Crippen LogP contribution in [0, 0.1) is 0 Å². The van der Waals surface area contributed by atoms with Crippen molar-refractivity contribution in [1.29, 1.82) is 0 Å². The third kappa shape index (κ3) is 5.27. The van der Waals surface area contributed by atoms with Gasteiger partial charge >= 0.3 is 6.09 Å². The van der Waals surface area contributed by atoms with Crippen molar-refractivity contribution >= 4 is 29.7 Å². The van der Waals surface area contributed by atoms with Gasteiger partial charge in [0.25, 0.3) is 0 Å². The number of hydrogen-bond donors (Lipinski definition) is 1. The highest BCUT2D eigenvalue weighted by Gasteiger charge is 2.24. The number of benzene rings is 1. The van der Waals surface area contributed by atoms with Crippen molar-refractivity contribution in [2.75, 3.05) is 19.7 Å². The number of rotatable bonds is 4. The van der Waals surface area contributed by atoms with Crippen molar-refractivity contribution in [2.24, 2.45) is 0 Å². The Labute approximate surface area is 147 Å². The quantitative estimate of drug-likeness (QED) is 0.846. The summed E-state index contributed by atoms with van der Waals surface area (Å²) < 4.78 is 4.99. The molecule has 0 spiro atoms. The molecule has 0 saturated carbocycles. The van der Waals surface area contributed by atoms with Crippen molar-refractivity contribution in [2.45, 2.75) is 32.7 Å². The number of carbonyl (C=O) groups excluding carboxylic acids is 2. The number of likely N-dealkylation sites (tertiary alicyclic amines) is 1. The summed E-state index contributed by atoms with van der Waals surface area (Å²) in [6.45, 7) is 5.16. The lowest BCUT2D eigenvalue weighted by molar-refractivity contribution is -0.118. The summed E-state index contributed by atoms with van der Waals surface area (Å²) in [5.41, 5.74) is 1.58. The molecule has 5 nitrogen and oxygen atoms in total. The van der Waals surface area contributed by atoms with Crippen LogP contribution in [-0.4, -0.2) is 42.6 Å². The highest BCUT2D eigenvalue weighted by atomic mass is 35.5. The van der Waals surface area contributed by atoms with Gasteiger partial charge in [-0.2, -0.15) is 0 Å². The smallest absolute Gasteiger partial charge is 0.409 e. The third-order valence-corrected chi connectivity index (χ3v) is 4.22. The fraction of sp³-hybridized carbons (Fsp3) is 0.444. The van der Waals surface area contributed by atoms with Gasteiger partial charge in [-0.05, 0) is 50.5 Å². The molecule has 2 rings (SSSR count). The van der Waals surface area contributed by atoms with Crippen molar-refractivity contribution in [3.05, 3.63) is 40.4 Å². The molecule has 0 aromatic heterocycles. The van der Waals surface area contributed by atoms with Crippen LogP contribution in [-0.2, 0) is 9.53 Å². The van der Waals surface area contributed by atoms with Crippen molar-refractivity contribution in [3.63, 3.8) is 0 Å². The van der Waals surface area contributed by atoms with Gasteiger partial charge in [0.2, 0.25) is 5.91 Å². The molecule has 1 aromatic carbocycles. The summed E-state index contributed by atoms with van der Waals surface area (Å²) in [5.74, 6) is -0.0838. The Kier molecular flexibility index (Phi) is 6.67. The van der Waals surface area contributed by atoms with Crippen LogP contribution in [0.5, 0.6) is 0 Å². The minimum absolute atomic E-state index is 0.0803. The second-order valence-corrected chi connectivity index (χ2v) is 6.25. The van der Waals surface area contributed by atoms with Crippen LogP contribution in [0.4, 0.5) is 4.79 Å². The molecule has 0 radical (unpaired) electrons. The van der Waals surface area contributed by atoms with Gasteiger partial charge in [-0.1, -0.05) is 23.7 Å². The maximum atomic E-state index is 12.3. The monoisotopic (exact) mass is 350 g/mol. The zero-order chi connectivity index (χ0) is 17.5. The molecule has 24 heavy (non-hydrogen) atoms. The second-order valence-electron chi connectivity index (χ2n) is 5.81. The van der Waals surface area contributed by atoms with E-state index >= 15 is 0 Å². The average Bonchev–Trinajstić information content (AvgIpc) is 2.57. The van der Waals surface area contributed by atoms with Crippen molar-refractivity contribution in [1.82, 2.24) is 10.2 Å². The van der Waals surface area contributed by atoms with E-state index in [1.165, 1.54) is 0 Å². The van der Waals surface area contributed by atoms with E-state index in [0.717, 1.165) is 18.4 Å². The van der Waals surface area contributed by atoms with Crippen molar-refractivity contribution < 1.29 is 14.3 Å². The standard InChI is InChI=1S/C18H23ClN2O3/c1-3-24-18(23)21-10-8-16(9-11-21)20-17(22)13(2)12-14-4-6-15(19)7-5-14/h4-7,12,16H,3,8-11H2,1-2H3,(H,20,22)/b13-12+. The number of ether oxygens (including phenoxy) is 1. The van der Waals surface area contributed by atoms with E-state index in [-0.39, 0.29) is 18.0 Å². The first-order chi connectivity index (χ1) is 11.5. The fourth-order valence-corrected chi connectivity index (χ4v) is 2.72. The summed E-state index contributed by atoms with van der Waals surface area (Å²) in [6, 6.07) is 7.41. The predicted molar refractivity (Wildman–Crippen MR) is 94.9 cm³/mol. The minimum Gasteiger partial charge on any atom is -0.450 e. The molecule has 1 saturated heterocycles. The van der Waals surface area contributed by atoms with Crippen LogP contribution >= 0.6 is 11.6 Å². The lowest BCUT2D eigenvalue weighted by atomic mass is 10.0. The molecule has 0 aliphatic carbocycles. The molecule has 0 bridgehead atoms. The van der Waals surface area contributed by atoms with Crippen molar-refractivity contribution in [3.8, 4) is 0 Å². The van der Waals surface area contributed by atoms with E-state index in [4.69, 9.17) is 16.3 Å². The number of nitrogens with zero attached hydrogens (tertiary/aromatic N) is 1. The number of amides is 2. The van der Waals surface area contributed by atoms with Crippen LogP contribution in [0.1, 0.15) is 32.3 Å². The molecular formula is C18H23ClN2O3. The summed E-state index contributed by atoms with van der Waals surface area (Å²) in [5, 5.41) is 3.70. The lowest BCUT2D eigenvalue weighted by Gasteiger charge is -2.31. The molecule has 2 amide bonds. The normalized spacial score (nSPS) is 16.0. The van der Waals surface area contributed by atoms with Gasteiger partial charge in [0.05, 0.1) is 6.61 Å². The minimum atomic E-state index is -0.277. The van der Waals surface area contributed by atoms with Gasteiger partial charge in [-0.3, -0.25) is 4.79 Å². The number of hydrogen-bond acceptors (Lipinski definition) is 3. The third-order valence-electron chi connectivity index (χ3n) is 3.97. The summed E-state index contributed by atoms with van der Waals surface area (Å²) in [6.07, 6.45) is 3.03. The van der Waals surface area contributed by atoms with E-state index in [2.05, 4.69) is 5.32 Å². The zero-order valence-corrected chi connectivity index (χ0v) is 14.8. The SMILES string of the molecule is CCOC(=O)N1CCC(NC(=O)/C(C)=C/c2ccc(Cl)cc2)CC1. The van der Waals surface area contributed by atoms with E-state index in [1.54, 1.807) is 30.9 Å². The molecule has 0 unspecified atom stereocenters. The fourth-order valence-electron chi connectivity index (χ4n) is 2.59. The van der Waals surface area contributed by atoms with E-state index in [0.29, 0.717) is 30.3 Å². The molecule has 1 aromatic rings. The molecule has 6 heteroatoms. The molecule has 1 fully saturated rings. The Morgan fingerprint density at radius 1 is 1.29 bits per heavy atom. The first-order valence-electron chi connectivity index (χ1n) is 8.16. The topological polar surface area (TPSA) is 58.6 Å². The maximum Gasteiger partial charge on any atom is 0.409 e. The molecule has 1 aliphatic heterocycles. The largest absolute Gasteiger partial charge is 0.450 e. The molecule has 1 heterocycles. The van der Waals surface area contributed by atoms with Gasteiger partial charge in [0, 0.05) is 29.7 Å². The Hall–Kier alpha value is -2.01. The summed E-state index contributed by atoms with van der Waals surface area (Å²) in [7, 11) is 0. The number of piperidine rings is 1. The van der Waals surface area contributed by atoms with Crippen LogP contribution in [0.3, 0.4) is 0 Å². The van der Waals surface area contributed by atoms with E-state index < -0.39 is 0 Å². The number of nitrogens with one attached hydrogen (secondary N) is 1. The molecule has 1 N–H and O–H groups in total. The van der Waals surface area contributed by atoms with Crippen LogP contribution in [0.15, 0.2) is 29.8 Å². The Morgan fingerprint density at radius 3 is 2.50 bits per heavy atom. The van der Waals surface area contributed by atoms with Crippen LogP contribution < -0.4 is 5.32 Å². The van der Waals surface area contributed by atoms with Gasteiger partial charge in [0.15, 0.2) is 0 Å². The number of carbonyl (C=O) groups is 2. The first kappa shape index (κ1) is 18.3. The van der Waals surface area contributed by atoms with E-state index in [1.807, 2.05) is 18.2 Å². The highest BCUT2D eigenvalue weighted by Crippen LogP contribution is 2.14. The maximum absolute atomic E-state index is 12.3. The molecule has 1 aliphatic rings.